The number of ether oxygens (including phenoxy) is 5. The number of aliphatic hydroxyl groups excluding tert-OH is 1. The average molecular weight is 1620 g/mol. The zero-order valence-corrected chi connectivity index (χ0v) is 60.8. The molecule has 0 aliphatic carbocycles. The van der Waals surface area contributed by atoms with Crippen molar-refractivity contribution in [1.82, 2.24) is 0 Å². The summed E-state index contributed by atoms with van der Waals surface area (Å²) >= 11 is 0. The van der Waals surface area contributed by atoms with Crippen molar-refractivity contribution >= 4 is 73.8 Å². The summed E-state index contributed by atoms with van der Waals surface area (Å²) in [5, 5.41) is 26.0. The number of nitrogens with two attached hydrogens (primary N) is 4. The fraction of sp³-hybridized carbons (Fsp3) is 0.418. The predicted octanol–water partition coefficient (Wildman–Crippen LogP) is 3.92. The molecule has 5 heterocycles. The average Bonchev–Trinajstić information content (AvgIpc) is 4.39. The van der Waals surface area contributed by atoms with E-state index in [1.807, 2.05) is 81.1 Å². The van der Waals surface area contributed by atoms with Crippen molar-refractivity contribution in [2.45, 2.75) is 105 Å². The second kappa shape index (κ2) is 31.1. The maximum atomic E-state index is 10.5. The minimum absolute atomic E-state index is 0. The van der Waals surface area contributed by atoms with Crippen LogP contribution in [0.1, 0.15) is 98.4 Å². The summed E-state index contributed by atoms with van der Waals surface area (Å²) in [4.78, 5) is 21.0. The number of carbonyl (C=O) groups is 2. The number of carboxylic acids is 2. The number of aliphatic carboxylic acids is 2. The third-order valence-electron chi connectivity index (χ3n) is 14.0. The van der Waals surface area contributed by atoms with Gasteiger partial charge in [-0.2, -0.15) is 0 Å². The van der Waals surface area contributed by atoms with Crippen LogP contribution in [0.25, 0.3) is 0 Å². The molecule has 0 saturated heterocycles. The standard InChI is InChI=1S/2C11H14BNO4.2C11H16BNO2.C11H15BO3.2Rf/c2*1-12-11-7(9(5-13)17-12)3-2-4-8(11)16-6-10(14)15;3*1-3-9-8-5-4-6-10(14-7-13)11(8)12(2)15-9;;/h2*2-4,9H,5-6,13H2,1H3,(H,14,15);2*4-6,9H,3,7,13H2,1-2H3;4-6,9,13H,3,7H2,1-2H3;;/t5*9-;;/m10100../s1. The van der Waals surface area contributed by atoms with Crippen molar-refractivity contribution < 1.29 is 71.9 Å². The second-order valence-electron chi connectivity index (χ2n) is 19.1. The van der Waals surface area contributed by atoms with Crippen LogP contribution in [0.2, 0.25) is 34.1 Å². The molecular formula is C55H75B5N4O15Rf2. The quantitative estimate of drug-likeness (QED) is 0.0513. The molecule has 0 unspecified atom stereocenters. The molecule has 0 spiro atoms. The second-order valence-corrected chi connectivity index (χ2v) is 19.1. The molecule has 0 aromatic heterocycles. The van der Waals surface area contributed by atoms with Crippen LogP contribution < -0.4 is 73.9 Å². The predicted molar refractivity (Wildman–Crippen MR) is 310 cm³/mol. The molecule has 11 N–H and O–H groups in total. The third kappa shape index (κ3) is 15.5. The van der Waals surface area contributed by atoms with Gasteiger partial charge < -0.3 is 73.7 Å². The smallest absolute Gasteiger partial charge is 0.341 e. The fourth-order valence-electron chi connectivity index (χ4n) is 10.8. The topological polar surface area (TPSA) is 291 Å². The molecule has 5 aliphatic rings. The van der Waals surface area contributed by atoms with Crippen LogP contribution >= 0.6 is 0 Å². The molecule has 0 bridgehead atoms. The maximum Gasteiger partial charge on any atom is 0.341 e. The number of aliphatic hydroxyl groups is 1. The van der Waals surface area contributed by atoms with Gasteiger partial charge in [-0.15, -0.1) is 0 Å². The summed E-state index contributed by atoms with van der Waals surface area (Å²) in [5.74, 6) is 1.59. The molecule has 0 amide bonds. The Labute approximate surface area is 465 Å². The summed E-state index contributed by atoms with van der Waals surface area (Å²) in [6.07, 6.45) is 3.25. The van der Waals surface area contributed by atoms with E-state index in [2.05, 4.69) is 52.6 Å². The number of carboxylic acid groups (broad SMARTS) is 2. The minimum atomic E-state index is -0.996. The Morgan fingerprint density at radius 2 is 0.654 bits per heavy atom. The fourth-order valence-corrected chi connectivity index (χ4v) is 10.8. The van der Waals surface area contributed by atoms with Gasteiger partial charge in [-0.05, 0) is 105 Å². The van der Waals surface area contributed by atoms with Gasteiger partial charge >= 0.3 is 46.5 Å². The minimum Gasteiger partial charge on any atom is -0.482 e. The van der Waals surface area contributed by atoms with Crippen LogP contribution in [0.3, 0.4) is 0 Å². The van der Waals surface area contributed by atoms with Crippen molar-refractivity contribution in [3.8, 4) is 28.7 Å². The van der Waals surface area contributed by atoms with E-state index >= 15 is 0 Å². The zero-order valence-electron chi connectivity index (χ0n) is 48.0. The Hall–Kier alpha value is -8.04. The molecule has 5 aromatic rings. The first kappa shape index (κ1) is 65.5. The monoisotopic (exact) mass is 1620 g/mol. The van der Waals surface area contributed by atoms with Crippen molar-refractivity contribution in [2.24, 2.45) is 22.9 Å². The van der Waals surface area contributed by atoms with Gasteiger partial charge in [-0.1, -0.05) is 116 Å². The van der Waals surface area contributed by atoms with Gasteiger partial charge in [0.15, 0.2) is 20.0 Å². The van der Waals surface area contributed by atoms with E-state index in [9.17, 15) is 9.59 Å². The molecule has 5 aromatic carbocycles. The molecule has 81 heavy (non-hydrogen) atoms. The third-order valence-corrected chi connectivity index (χ3v) is 14.0. The number of hydrogen-bond acceptors (Lipinski definition) is 17. The van der Waals surface area contributed by atoms with Crippen LogP contribution in [-0.2, 0) is 32.9 Å². The molecule has 0 fully saturated rings. The Morgan fingerprint density at radius 1 is 0.420 bits per heavy atom. The van der Waals surface area contributed by atoms with Crippen LogP contribution in [-0.4, -0.2) is 108 Å². The van der Waals surface area contributed by atoms with Crippen molar-refractivity contribution in [1.29, 1.82) is 0 Å². The number of fused-ring (bicyclic) bond motifs is 5. The van der Waals surface area contributed by atoms with Crippen LogP contribution in [0, 0.1) is 0 Å². The zero-order chi connectivity index (χ0) is 57.3. The van der Waals surface area contributed by atoms with E-state index in [1.54, 1.807) is 12.1 Å². The van der Waals surface area contributed by atoms with Gasteiger partial charge in [0.25, 0.3) is 0 Å². The number of rotatable bonds is 17. The van der Waals surface area contributed by atoms with E-state index in [1.165, 1.54) is 16.7 Å². The van der Waals surface area contributed by atoms with Gasteiger partial charge in [0.05, 0.1) is 30.5 Å². The van der Waals surface area contributed by atoms with Gasteiger partial charge in [0.1, 0.15) is 42.2 Å². The summed E-state index contributed by atoms with van der Waals surface area (Å²) < 4.78 is 55.4. The summed E-state index contributed by atoms with van der Waals surface area (Å²) in [6.45, 7) is 16.5. The van der Waals surface area contributed by atoms with Crippen molar-refractivity contribution in [3.63, 3.8) is 0 Å². The van der Waals surface area contributed by atoms with E-state index < -0.39 is 11.9 Å². The Kier molecular flexibility index (Phi) is 25.1. The largest absolute Gasteiger partial charge is 0.482 e. The van der Waals surface area contributed by atoms with Crippen LogP contribution in [0.4, 0.5) is 0 Å². The molecule has 19 nitrogen and oxygen atoms in total. The van der Waals surface area contributed by atoms with E-state index in [-0.39, 0.29) is 98.6 Å². The molecular weight excluding hydrogens is 1540 g/mol. The SMILES string of the molecule is CB1O[C@@H](CN)c2cccc(OCC(=O)O)c21.CB1O[C@H](CN)c2cccc(OCC(=O)O)c21.CC[C@@H]1OB(C)c2c(OCN)cccc21.CC[C@@H]1OB(C)c2c(OCO)cccc21.CC[C@H]1OB(C)c2c(OCN)cccc21.[Rf].[Rf]. The van der Waals surface area contributed by atoms with E-state index in [0.29, 0.717) is 24.6 Å². The van der Waals surface area contributed by atoms with Crippen LogP contribution in [0.15, 0.2) is 91.0 Å². The molecule has 5 atom stereocenters. The summed E-state index contributed by atoms with van der Waals surface area (Å²) in [6, 6.07) is 29.0. The van der Waals surface area contributed by atoms with E-state index in [4.69, 9.17) is 85.2 Å². The molecule has 26 heteroatoms. The Bertz CT molecular complexity index is 2570. The molecule has 424 valence electrons. The Morgan fingerprint density at radius 3 is 0.877 bits per heavy atom. The first-order chi connectivity index (χ1) is 38.1. The van der Waals surface area contributed by atoms with Gasteiger partial charge in [-0.25, -0.2) is 9.59 Å². The maximum absolute atomic E-state index is 10.5. The molecule has 10 rings (SSSR count). The van der Waals surface area contributed by atoms with Crippen LogP contribution in [0.5, 0.6) is 28.7 Å². The molecule has 0 radical (unpaired) electrons. The number of benzene rings is 5. The molecule has 5 aliphatic heterocycles. The summed E-state index contributed by atoms with van der Waals surface area (Å²) in [5.41, 5.74) is 32.9. The normalized spacial score (nSPS) is 18.2. The van der Waals surface area contributed by atoms with Crippen molar-refractivity contribution in [3.05, 3.63) is 119 Å². The first-order valence-electron chi connectivity index (χ1n) is 27.0. The summed E-state index contributed by atoms with van der Waals surface area (Å²) in [7, 11) is 0. The van der Waals surface area contributed by atoms with E-state index in [0.717, 1.165) is 75.0 Å². The van der Waals surface area contributed by atoms with Gasteiger partial charge in [-0.3, -0.25) is 11.5 Å². The first-order valence-corrected chi connectivity index (χ1v) is 27.0. The van der Waals surface area contributed by atoms with Gasteiger partial charge in [0.2, 0.25) is 0 Å². The van der Waals surface area contributed by atoms with Crippen molar-refractivity contribution in [2.75, 3.05) is 46.6 Å². The Balaban J connectivity index is 0.000000217. The van der Waals surface area contributed by atoms with Gasteiger partial charge in [0, 0.05) is 13.1 Å². The molecule has 0 saturated carbocycles. The number of hydrogen-bond donors (Lipinski definition) is 7.